The van der Waals surface area contributed by atoms with Crippen molar-refractivity contribution in [2.24, 2.45) is 7.05 Å². The number of nitrogens with zero attached hydrogens (tertiary/aromatic N) is 5. The van der Waals surface area contributed by atoms with Gasteiger partial charge in [-0.1, -0.05) is 6.92 Å². The van der Waals surface area contributed by atoms with Gasteiger partial charge < -0.3 is 25.4 Å². The summed E-state index contributed by atoms with van der Waals surface area (Å²) in [6.45, 7) is 4.64. The quantitative estimate of drug-likeness (QED) is 0.445. The molecule has 1 fully saturated rings. The lowest BCUT2D eigenvalue weighted by Crippen LogP contribution is -2.39. The Hall–Kier alpha value is -4.01. The third-order valence-electron chi connectivity index (χ3n) is 6.89. The number of hydrogen-bond donors (Lipinski definition) is 3. The largest absolute Gasteiger partial charge is 0.384 e. The summed E-state index contributed by atoms with van der Waals surface area (Å²) in [6, 6.07) is 9.76. The van der Waals surface area contributed by atoms with Gasteiger partial charge in [-0.2, -0.15) is 10.4 Å². The maximum atomic E-state index is 12.8. The molecule has 1 aromatic carbocycles. The van der Waals surface area contributed by atoms with Crippen LogP contribution < -0.4 is 16.0 Å². The predicted molar refractivity (Wildman–Crippen MR) is 138 cm³/mol. The van der Waals surface area contributed by atoms with Crippen molar-refractivity contribution in [2.75, 3.05) is 44.1 Å². The van der Waals surface area contributed by atoms with Crippen molar-refractivity contribution in [3.05, 3.63) is 47.3 Å². The molecule has 3 N–H and O–H groups in total. The summed E-state index contributed by atoms with van der Waals surface area (Å²) >= 11 is 0. The number of fused-ring (bicyclic) bond motifs is 1. The van der Waals surface area contributed by atoms with E-state index < -0.39 is 0 Å². The number of benzene rings is 1. The van der Waals surface area contributed by atoms with Crippen LogP contribution in [-0.4, -0.2) is 65.2 Å². The molecule has 2 aliphatic heterocycles. The third kappa shape index (κ3) is 4.98. The van der Waals surface area contributed by atoms with Gasteiger partial charge in [0.2, 0.25) is 5.95 Å². The summed E-state index contributed by atoms with van der Waals surface area (Å²) < 4.78 is 12.4. The number of aryl methyl sites for hydroxylation is 1. The number of anilines is 3. The molecule has 11 nitrogen and oxygen atoms in total. The van der Waals surface area contributed by atoms with Gasteiger partial charge in [-0.15, -0.1) is 0 Å². The lowest BCUT2D eigenvalue weighted by atomic mass is 9.83. The average molecular weight is 503 g/mol. The molecule has 1 amide bonds. The second kappa shape index (κ2) is 10.2. The summed E-state index contributed by atoms with van der Waals surface area (Å²) in [5.74, 6) is 0.614. The van der Waals surface area contributed by atoms with Crippen LogP contribution in [0.2, 0.25) is 0 Å². The van der Waals surface area contributed by atoms with Gasteiger partial charge in [-0.05, 0) is 36.6 Å². The number of aromatic nitrogens is 4. The van der Waals surface area contributed by atoms with E-state index in [1.54, 1.807) is 32.5 Å². The van der Waals surface area contributed by atoms with Crippen molar-refractivity contribution < 1.29 is 14.3 Å². The van der Waals surface area contributed by atoms with Crippen LogP contribution in [0.15, 0.2) is 30.5 Å². The SMILES string of the molecule is COCC1(C)CNc2c(C#N)cc(-c3ccnc(Nc4cc(C(=O)NC5CCOCC5)n(C)n4)n3)cc21. The number of nitrogens with one attached hydrogen (secondary N) is 3. The maximum absolute atomic E-state index is 12.8. The third-order valence-corrected chi connectivity index (χ3v) is 6.89. The van der Waals surface area contributed by atoms with E-state index in [9.17, 15) is 10.1 Å². The fourth-order valence-corrected chi connectivity index (χ4v) is 4.91. The highest BCUT2D eigenvalue weighted by molar-refractivity contribution is 5.93. The van der Waals surface area contributed by atoms with E-state index in [1.165, 1.54) is 4.68 Å². The molecule has 4 heterocycles. The zero-order valence-electron chi connectivity index (χ0n) is 21.2. The number of hydrogen-bond acceptors (Lipinski definition) is 9. The molecule has 1 unspecified atom stereocenters. The normalized spacial score (nSPS) is 19.1. The molecule has 1 atom stereocenters. The Labute approximate surface area is 215 Å². The molecule has 3 aromatic rings. The number of carbonyl (C=O) groups is 1. The molecule has 5 rings (SSSR count). The highest BCUT2D eigenvalue weighted by Crippen LogP contribution is 2.41. The Balaban J connectivity index is 1.38. The van der Waals surface area contributed by atoms with E-state index in [-0.39, 0.29) is 17.4 Å². The van der Waals surface area contributed by atoms with Crippen molar-refractivity contribution in [2.45, 2.75) is 31.2 Å². The van der Waals surface area contributed by atoms with Crippen molar-refractivity contribution >= 4 is 23.4 Å². The first-order valence-electron chi connectivity index (χ1n) is 12.2. The minimum atomic E-state index is -0.255. The summed E-state index contributed by atoms with van der Waals surface area (Å²) in [5, 5.41) is 23.7. The molecule has 0 saturated carbocycles. The van der Waals surface area contributed by atoms with E-state index in [1.807, 2.05) is 6.07 Å². The first-order valence-corrected chi connectivity index (χ1v) is 12.2. The molecule has 11 heteroatoms. The molecular formula is C26H30N8O3. The lowest BCUT2D eigenvalue weighted by Gasteiger charge is -2.23. The summed E-state index contributed by atoms with van der Waals surface area (Å²) in [7, 11) is 3.40. The van der Waals surface area contributed by atoms with E-state index in [0.717, 1.165) is 29.7 Å². The van der Waals surface area contributed by atoms with Gasteiger partial charge in [-0.25, -0.2) is 9.97 Å². The average Bonchev–Trinajstić information content (AvgIpc) is 3.43. The molecule has 1 saturated heterocycles. The Morgan fingerprint density at radius 1 is 1.35 bits per heavy atom. The van der Waals surface area contributed by atoms with Crippen LogP contribution in [0.3, 0.4) is 0 Å². The minimum Gasteiger partial charge on any atom is -0.384 e. The van der Waals surface area contributed by atoms with Crippen LogP contribution in [0, 0.1) is 11.3 Å². The van der Waals surface area contributed by atoms with E-state index in [0.29, 0.717) is 55.1 Å². The molecule has 0 aliphatic carbocycles. The second-order valence-electron chi connectivity index (χ2n) is 9.69. The smallest absolute Gasteiger partial charge is 0.269 e. The monoisotopic (exact) mass is 502 g/mol. The number of carbonyl (C=O) groups excluding carboxylic acids is 1. The second-order valence-corrected chi connectivity index (χ2v) is 9.69. The van der Waals surface area contributed by atoms with Crippen LogP contribution >= 0.6 is 0 Å². The van der Waals surface area contributed by atoms with Crippen LogP contribution in [0.1, 0.15) is 41.4 Å². The zero-order valence-corrected chi connectivity index (χ0v) is 21.2. The molecule has 2 aromatic heterocycles. The van der Waals surface area contributed by atoms with Crippen molar-refractivity contribution in [1.29, 1.82) is 5.26 Å². The molecule has 37 heavy (non-hydrogen) atoms. The van der Waals surface area contributed by atoms with Crippen LogP contribution in [0.4, 0.5) is 17.5 Å². The van der Waals surface area contributed by atoms with Gasteiger partial charge in [0.05, 0.1) is 23.6 Å². The molecule has 0 bridgehead atoms. The summed E-state index contributed by atoms with van der Waals surface area (Å²) in [5.41, 5.74) is 4.09. The number of rotatable bonds is 7. The molecule has 0 radical (unpaired) electrons. The predicted octanol–water partition coefficient (Wildman–Crippen LogP) is 2.73. The molecule has 2 aliphatic rings. The van der Waals surface area contributed by atoms with E-state index in [2.05, 4.69) is 50.1 Å². The van der Waals surface area contributed by atoms with Gasteiger partial charge in [-0.3, -0.25) is 9.48 Å². The standard InChI is InChI=1S/C26H30N8O3/c1-26(15-36-3)14-29-23-17(13-27)10-16(11-19(23)26)20-4-7-28-25(31-20)32-22-12-21(34(2)33-22)24(35)30-18-5-8-37-9-6-18/h4,7,10-12,18,29H,5-6,8-9,14-15H2,1-3H3,(H,30,35)(H,28,31,32,33). The Morgan fingerprint density at radius 2 is 2.16 bits per heavy atom. The van der Waals surface area contributed by atoms with Gasteiger partial charge in [0.25, 0.3) is 5.91 Å². The van der Waals surface area contributed by atoms with Crippen LogP contribution in [0.25, 0.3) is 11.3 Å². The fraction of sp³-hybridized carbons (Fsp3) is 0.423. The van der Waals surface area contributed by atoms with Crippen molar-refractivity contribution in [1.82, 2.24) is 25.1 Å². The van der Waals surface area contributed by atoms with Crippen molar-refractivity contribution in [3.63, 3.8) is 0 Å². The lowest BCUT2D eigenvalue weighted by molar-refractivity contribution is 0.0692. The van der Waals surface area contributed by atoms with Crippen LogP contribution in [-0.2, 0) is 21.9 Å². The van der Waals surface area contributed by atoms with E-state index >= 15 is 0 Å². The Bertz CT molecular complexity index is 1360. The topological polar surface area (TPSA) is 139 Å². The van der Waals surface area contributed by atoms with Crippen molar-refractivity contribution in [3.8, 4) is 17.3 Å². The van der Waals surface area contributed by atoms with Crippen LogP contribution in [0.5, 0.6) is 0 Å². The van der Waals surface area contributed by atoms with Gasteiger partial charge in [0.1, 0.15) is 11.8 Å². The molecule has 192 valence electrons. The Morgan fingerprint density at radius 3 is 2.92 bits per heavy atom. The molecular weight excluding hydrogens is 472 g/mol. The number of methoxy groups -OCH3 is 1. The first kappa shape index (κ1) is 24.7. The fourth-order valence-electron chi connectivity index (χ4n) is 4.91. The number of nitriles is 1. The summed E-state index contributed by atoms with van der Waals surface area (Å²) in [6.07, 6.45) is 3.25. The highest BCUT2D eigenvalue weighted by atomic mass is 16.5. The summed E-state index contributed by atoms with van der Waals surface area (Å²) in [4.78, 5) is 21.8. The number of ether oxygens (including phenoxy) is 2. The van der Waals surface area contributed by atoms with Gasteiger partial charge in [0.15, 0.2) is 5.82 Å². The number of amides is 1. The molecule has 0 spiro atoms. The van der Waals surface area contributed by atoms with Gasteiger partial charge in [0, 0.05) is 63.2 Å². The minimum absolute atomic E-state index is 0.0964. The maximum Gasteiger partial charge on any atom is 0.269 e. The zero-order chi connectivity index (χ0) is 26.0. The highest BCUT2D eigenvalue weighted by Gasteiger charge is 2.36. The first-order chi connectivity index (χ1) is 17.9. The Kier molecular flexibility index (Phi) is 6.78. The van der Waals surface area contributed by atoms with Gasteiger partial charge >= 0.3 is 0 Å². The van der Waals surface area contributed by atoms with E-state index in [4.69, 9.17) is 9.47 Å².